The van der Waals surface area contributed by atoms with Gasteiger partial charge < -0.3 is 0 Å². The Balaban J connectivity index is 2.23. The summed E-state index contributed by atoms with van der Waals surface area (Å²) in [5.41, 5.74) is 1.82. The highest BCUT2D eigenvalue weighted by Crippen LogP contribution is 2.12. The topological polar surface area (TPSA) is 29.4 Å². The molecule has 0 amide bonds. The summed E-state index contributed by atoms with van der Waals surface area (Å²) in [4.78, 5) is 15.1. The molecule has 0 aliphatic carbocycles. The fraction of sp³-hybridized carbons (Fsp3) is 0.273. The van der Waals surface area contributed by atoms with Gasteiger partial charge >= 0.3 is 0 Å². The van der Waals surface area contributed by atoms with E-state index in [1.54, 1.807) is 12.1 Å². The lowest BCUT2D eigenvalue weighted by atomic mass is 10.0. The van der Waals surface area contributed by atoms with Crippen LogP contribution in [0.5, 0.6) is 0 Å². The molecule has 1 aromatic rings. The number of carbonyl (C=O) groups is 1. The summed E-state index contributed by atoms with van der Waals surface area (Å²) in [6, 6.07) is 6.22. The van der Waals surface area contributed by atoms with Gasteiger partial charge in [0.2, 0.25) is 0 Å². The van der Waals surface area contributed by atoms with Crippen LogP contribution in [0.2, 0.25) is 0 Å². The highest BCUT2D eigenvalue weighted by molar-refractivity contribution is 6.05. The lowest BCUT2D eigenvalue weighted by Crippen LogP contribution is -2.15. The second kappa shape index (κ2) is 3.70. The molecule has 0 N–H and O–H groups in total. The summed E-state index contributed by atoms with van der Waals surface area (Å²) in [7, 11) is 0. The number of ketones is 1. The van der Waals surface area contributed by atoms with Gasteiger partial charge in [-0.2, -0.15) is 0 Å². The highest BCUT2D eigenvalue weighted by atomic mass is 19.1. The lowest BCUT2D eigenvalue weighted by Gasteiger charge is -2.10. The van der Waals surface area contributed by atoms with Crippen LogP contribution in [0, 0.1) is 5.82 Å². The molecule has 0 saturated heterocycles. The van der Waals surface area contributed by atoms with Crippen molar-refractivity contribution in [2.75, 3.05) is 6.54 Å². The fourth-order valence-corrected chi connectivity index (χ4v) is 1.48. The van der Waals surface area contributed by atoms with Crippen molar-refractivity contribution in [3.05, 3.63) is 35.6 Å². The van der Waals surface area contributed by atoms with Crippen LogP contribution in [0.25, 0.3) is 0 Å². The minimum absolute atomic E-state index is 0.177. The van der Waals surface area contributed by atoms with E-state index in [0.29, 0.717) is 12.8 Å². The fourth-order valence-electron chi connectivity index (χ4n) is 1.48. The Bertz CT molecular complexity index is 381. The smallest absolute Gasteiger partial charge is 0.154 e. The molecular weight excluding hydrogens is 181 g/mol. The van der Waals surface area contributed by atoms with Crippen molar-refractivity contribution in [3.8, 4) is 0 Å². The molecule has 1 aliphatic rings. The van der Waals surface area contributed by atoms with Gasteiger partial charge in [-0.25, -0.2) is 4.39 Å². The van der Waals surface area contributed by atoms with Gasteiger partial charge in [0.15, 0.2) is 5.78 Å². The predicted molar refractivity (Wildman–Crippen MR) is 52.0 cm³/mol. The number of aliphatic imine (C=N–C) groups is 1. The summed E-state index contributed by atoms with van der Waals surface area (Å²) < 4.78 is 12.6. The Kier molecular flexibility index (Phi) is 2.39. The van der Waals surface area contributed by atoms with Crippen LogP contribution in [0.4, 0.5) is 4.39 Å². The first-order chi connectivity index (χ1) is 6.75. The van der Waals surface area contributed by atoms with Crippen molar-refractivity contribution in [2.24, 2.45) is 4.99 Å². The predicted octanol–water partition coefficient (Wildman–Crippen LogP) is 1.98. The molecule has 0 fully saturated rings. The molecule has 3 heteroatoms. The quantitative estimate of drug-likeness (QED) is 0.667. The van der Waals surface area contributed by atoms with Crippen LogP contribution >= 0.6 is 0 Å². The van der Waals surface area contributed by atoms with E-state index >= 15 is 0 Å². The zero-order chi connectivity index (χ0) is 9.97. The van der Waals surface area contributed by atoms with Gasteiger partial charge in [0, 0.05) is 12.1 Å². The molecule has 1 aromatic carbocycles. The van der Waals surface area contributed by atoms with E-state index in [2.05, 4.69) is 4.99 Å². The first-order valence-corrected chi connectivity index (χ1v) is 4.56. The second-order valence-electron chi connectivity index (χ2n) is 3.31. The Morgan fingerprint density at radius 3 is 2.43 bits per heavy atom. The van der Waals surface area contributed by atoms with E-state index in [1.807, 2.05) is 0 Å². The maximum atomic E-state index is 12.6. The Morgan fingerprint density at radius 2 is 1.86 bits per heavy atom. The molecule has 0 atom stereocenters. The highest BCUT2D eigenvalue weighted by Gasteiger charge is 2.12. The number of nitrogens with zero attached hydrogens (tertiary/aromatic N) is 1. The van der Waals surface area contributed by atoms with Gasteiger partial charge in [0.25, 0.3) is 0 Å². The normalized spacial score (nSPS) is 16.6. The Morgan fingerprint density at radius 1 is 1.14 bits per heavy atom. The number of hydrogen-bond donors (Lipinski definition) is 0. The molecule has 1 aliphatic heterocycles. The van der Waals surface area contributed by atoms with Crippen molar-refractivity contribution >= 4 is 11.5 Å². The van der Waals surface area contributed by atoms with E-state index in [9.17, 15) is 9.18 Å². The standard InChI is InChI=1S/C11H10FNO/c12-9-3-1-8(2-4-9)11-6-5-10(14)7-13-11/h1-4H,5-7H2. The summed E-state index contributed by atoms with van der Waals surface area (Å²) >= 11 is 0. The molecule has 0 saturated carbocycles. The molecule has 0 radical (unpaired) electrons. The van der Waals surface area contributed by atoms with Crippen molar-refractivity contribution in [3.63, 3.8) is 0 Å². The van der Waals surface area contributed by atoms with Crippen LogP contribution in [-0.4, -0.2) is 18.0 Å². The molecule has 1 heterocycles. The monoisotopic (exact) mass is 191 g/mol. The third-order valence-electron chi connectivity index (χ3n) is 2.26. The molecule has 0 aromatic heterocycles. The first-order valence-electron chi connectivity index (χ1n) is 4.56. The number of Topliss-reactive ketones (excluding diaryl/α,β-unsaturated/α-hetero) is 1. The van der Waals surface area contributed by atoms with E-state index in [1.165, 1.54) is 12.1 Å². The maximum absolute atomic E-state index is 12.6. The van der Waals surface area contributed by atoms with Crippen molar-refractivity contribution in [2.45, 2.75) is 12.8 Å². The van der Waals surface area contributed by atoms with Gasteiger partial charge in [-0.15, -0.1) is 0 Å². The van der Waals surface area contributed by atoms with E-state index < -0.39 is 0 Å². The number of benzene rings is 1. The Hall–Kier alpha value is -1.51. The Labute approximate surface area is 81.5 Å². The third-order valence-corrected chi connectivity index (χ3v) is 2.26. The summed E-state index contributed by atoms with van der Waals surface area (Å²) in [5, 5.41) is 0. The molecule has 0 unspecified atom stereocenters. The molecule has 0 bridgehead atoms. The van der Waals surface area contributed by atoms with Crippen molar-refractivity contribution < 1.29 is 9.18 Å². The van der Waals surface area contributed by atoms with Crippen LogP contribution < -0.4 is 0 Å². The molecule has 14 heavy (non-hydrogen) atoms. The number of carbonyl (C=O) groups excluding carboxylic acids is 1. The van der Waals surface area contributed by atoms with Gasteiger partial charge in [-0.1, -0.05) is 12.1 Å². The van der Waals surface area contributed by atoms with Crippen molar-refractivity contribution in [1.29, 1.82) is 0 Å². The van der Waals surface area contributed by atoms with Crippen LogP contribution in [-0.2, 0) is 4.79 Å². The van der Waals surface area contributed by atoms with Gasteiger partial charge in [0.1, 0.15) is 5.82 Å². The molecule has 2 rings (SSSR count). The molecule has 72 valence electrons. The molecule has 0 spiro atoms. The average molecular weight is 191 g/mol. The zero-order valence-corrected chi connectivity index (χ0v) is 7.66. The second-order valence-corrected chi connectivity index (χ2v) is 3.31. The zero-order valence-electron chi connectivity index (χ0n) is 7.66. The first kappa shape index (κ1) is 9.06. The lowest BCUT2D eigenvalue weighted by molar-refractivity contribution is -0.117. The molecule has 2 nitrogen and oxygen atoms in total. The van der Waals surface area contributed by atoms with Crippen molar-refractivity contribution in [1.82, 2.24) is 0 Å². The summed E-state index contributed by atoms with van der Waals surface area (Å²) in [5.74, 6) is -0.0721. The van der Waals surface area contributed by atoms with E-state index in [0.717, 1.165) is 11.3 Å². The van der Waals surface area contributed by atoms with Gasteiger partial charge in [-0.3, -0.25) is 9.79 Å². The summed E-state index contributed by atoms with van der Waals surface area (Å²) in [6.07, 6.45) is 1.22. The van der Waals surface area contributed by atoms with Gasteiger partial charge in [-0.05, 0) is 24.1 Å². The number of rotatable bonds is 1. The number of halogens is 1. The maximum Gasteiger partial charge on any atom is 0.154 e. The van der Waals surface area contributed by atoms with Crippen LogP contribution in [0.3, 0.4) is 0 Å². The summed E-state index contributed by atoms with van der Waals surface area (Å²) in [6.45, 7) is 0.271. The SMILES string of the molecule is O=C1CCC(c2ccc(F)cc2)=NC1. The minimum Gasteiger partial charge on any atom is -0.298 e. The van der Waals surface area contributed by atoms with Crippen LogP contribution in [0.15, 0.2) is 29.3 Å². The van der Waals surface area contributed by atoms with E-state index in [-0.39, 0.29) is 18.1 Å². The third kappa shape index (κ3) is 1.87. The average Bonchev–Trinajstić information content (AvgIpc) is 2.21. The molecular formula is C11H10FNO. The largest absolute Gasteiger partial charge is 0.298 e. The van der Waals surface area contributed by atoms with E-state index in [4.69, 9.17) is 0 Å². The minimum atomic E-state index is -0.249. The number of hydrogen-bond acceptors (Lipinski definition) is 2. The van der Waals surface area contributed by atoms with Gasteiger partial charge in [0.05, 0.1) is 6.54 Å². The van der Waals surface area contributed by atoms with Crippen LogP contribution in [0.1, 0.15) is 18.4 Å².